The van der Waals surface area contributed by atoms with Gasteiger partial charge in [0.05, 0.1) is 18.1 Å². The standard InChI is InChI=1S/C16H24N4O2S/c1-11-12(2)20(13-6-4-5-7-13)16(17-11)23-10-15-18-14(19-22-15)8-9-21-3/h13H,4-10H2,1-3H3. The van der Waals surface area contributed by atoms with Crippen LogP contribution < -0.4 is 0 Å². The molecular weight excluding hydrogens is 312 g/mol. The lowest BCUT2D eigenvalue weighted by molar-refractivity contribution is 0.199. The van der Waals surface area contributed by atoms with Crippen LogP contribution in [0.2, 0.25) is 0 Å². The Morgan fingerprint density at radius 2 is 2.04 bits per heavy atom. The van der Waals surface area contributed by atoms with Gasteiger partial charge in [-0.3, -0.25) is 0 Å². The van der Waals surface area contributed by atoms with Gasteiger partial charge in [0, 0.05) is 25.3 Å². The van der Waals surface area contributed by atoms with Crippen LogP contribution in [0.25, 0.3) is 0 Å². The van der Waals surface area contributed by atoms with Crippen LogP contribution in [0.4, 0.5) is 0 Å². The van der Waals surface area contributed by atoms with Crippen molar-refractivity contribution in [2.75, 3.05) is 13.7 Å². The van der Waals surface area contributed by atoms with Gasteiger partial charge >= 0.3 is 0 Å². The normalized spacial score (nSPS) is 15.6. The third-order valence-corrected chi connectivity index (χ3v) is 5.35. The first-order valence-corrected chi connectivity index (χ1v) is 9.16. The van der Waals surface area contributed by atoms with Gasteiger partial charge in [-0.2, -0.15) is 4.98 Å². The largest absolute Gasteiger partial charge is 0.384 e. The first kappa shape index (κ1) is 16.5. The SMILES string of the molecule is COCCc1noc(CSc2nc(C)c(C)n2C2CCCC2)n1. The lowest BCUT2D eigenvalue weighted by Crippen LogP contribution is -2.08. The van der Waals surface area contributed by atoms with Crippen molar-refractivity contribution in [3.8, 4) is 0 Å². The maximum absolute atomic E-state index is 5.31. The maximum atomic E-state index is 5.31. The van der Waals surface area contributed by atoms with Crippen LogP contribution in [-0.2, 0) is 16.9 Å². The molecule has 7 heteroatoms. The Morgan fingerprint density at radius 3 is 2.78 bits per heavy atom. The summed E-state index contributed by atoms with van der Waals surface area (Å²) >= 11 is 1.68. The lowest BCUT2D eigenvalue weighted by Gasteiger charge is -2.16. The van der Waals surface area contributed by atoms with Crippen LogP contribution in [0.1, 0.15) is 54.8 Å². The molecule has 23 heavy (non-hydrogen) atoms. The summed E-state index contributed by atoms with van der Waals surface area (Å²) in [5.41, 5.74) is 2.40. The highest BCUT2D eigenvalue weighted by Crippen LogP contribution is 2.35. The van der Waals surface area contributed by atoms with E-state index in [0.29, 0.717) is 36.5 Å². The molecule has 1 fully saturated rings. The van der Waals surface area contributed by atoms with Gasteiger partial charge in [0.25, 0.3) is 0 Å². The second-order valence-electron chi connectivity index (χ2n) is 6.01. The predicted octanol–water partition coefficient (Wildman–Crippen LogP) is 3.48. The summed E-state index contributed by atoms with van der Waals surface area (Å²) in [5, 5.41) is 5.05. The van der Waals surface area contributed by atoms with E-state index in [1.807, 2.05) is 0 Å². The molecule has 0 amide bonds. The highest BCUT2D eigenvalue weighted by Gasteiger charge is 2.23. The van der Waals surface area contributed by atoms with Crippen LogP contribution in [0.15, 0.2) is 9.68 Å². The molecule has 126 valence electrons. The van der Waals surface area contributed by atoms with Gasteiger partial charge in [-0.1, -0.05) is 29.8 Å². The van der Waals surface area contributed by atoms with Crippen molar-refractivity contribution < 1.29 is 9.26 Å². The fourth-order valence-corrected chi connectivity index (χ4v) is 4.06. The maximum Gasteiger partial charge on any atom is 0.237 e. The van der Waals surface area contributed by atoms with Crippen LogP contribution >= 0.6 is 11.8 Å². The van der Waals surface area contributed by atoms with Crippen molar-refractivity contribution in [3.63, 3.8) is 0 Å². The smallest absolute Gasteiger partial charge is 0.237 e. The van der Waals surface area contributed by atoms with Gasteiger partial charge in [0.15, 0.2) is 11.0 Å². The molecule has 1 aliphatic carbocycles. The number of ether oxygens (including phenoxy) is 1. The van der Waals surface area contributed by atoms with Crippen molar-refractivity contribution in [2.24, 2.45) is 0 Å². The molecule has 2 heterocycles. The second-order valence-corrected chi connectivity index (χ2v) is 6.95. The van der Waals surface area contributed by atoms with Crippen LogP contribution in [0.3, 0.4) is 0 Å². The van der Waals surface area contributed by atoms with E-state index >= 15 is 0 Å². The summed E-state index contributed by atoms with van der Waals surface area (Å²) in [4.78, 5) is 9.15. The number of thioether (sulfide) groups is 1. The summed E-state index contributed by atoms with van der Waals surface area (Å²) < 4.78 is 12.8. The van der Waals surface area contributed by atoms with Crippen molar-refractivity contribution in [1.29, 1.82) is 0 Å². The van der Waals surface area contributed by atoms with Crippen molar-refractivity contribution in [3.05, 3.63) is 23.1 Å². The second kappa shape index (κ2) is 7.49. The van der Waals surface area contributed by atoms with E-state index in [-0.39, 0.29) is 0 Å². The van der Waals surface area contributed by atoms with Crippen LogP contribution in [0, 0.1) is 13.8 Å². The Bertz CT molecular complexity index is 647. The zero-order valence-corrected chi connectivity index (χ0v) is 14.9. The van der Waals surface area contributed by atoms with Gasteiger partial charge in [-0.15, -0.1) is 0 Å². The molecule has 1 saturated carbocycles. The summed E-state index contributed by atoms with van der Waals surface area (Å²) in [7, 11) is 1.67. The number of rotatable bonds is 7. The molecule has 0 saturated heterocycles. The Labute approximate surface area is 141 Å². The molecule has 0 aromatic carbocycles. The fraction of sp³-hybridized carbons (Fsp3) is 0.688. The number of aromatic nitrogens is 4. The van der Waals surface area contributed by atoms with Gasteiger partial charge in [-0.05, 0) is 26.7 Å². The zero-order valence-electron chi connectivity index (χ0n) is 14.0. The first-order chi connectivity index (χ1) is 11.2. The van der Waals surface area contributed by atoms with Gasteiger partial charge in [0.2, 0.25) is 5.89 Å². The number of hydrogen-bond donors (Lipinski definition) is 0. The average molecular weight is 336 g/mol. The zero-order chi connectivity index (χ0) is 16.2. The summed E-state index contributed by atoms with van der Waals surface area (Å²) in [5.74, 6) is 2.01. The third kappa shape index (κ3) is 3.77. The van der Waals surface area contributed by atoms with Crippen LogP contribution in [-0.4, -0.2) is 33.4 Å². The van der Waals surface area contributed by atoms with Gasteiger partial charge in [0.1, 0.15) is 0 Å². The Morgan fingerprint density at radius 1 is 1.26 bits per heavy atom. The van der Waals surface area contributed by atoms with Crippen molar-refractivity contribution in [2.45, 2.75) is 62.9 Å². The predicted molar refractivity (Wildman–Crippen MR) is 88.6 cm³/mol. The molecular formula is C16H24N4O2S. The van der Waals surface area contributed by atoms with Gasteiger partial charge in [-0.25, -0.2) is 4.98 Å². The third-order valence-electron chi connectivity index (χ3n) is 4.41. The van der Waals surface area contributed by atoms with E-state index in [1.54, 1.807) is 18.9 Å². The first-order valence-electron chi connectivity index (χ1n) is 8.17. The summed E-state index contributed by atoms with van der Waals surface area (Å²) in [6, 6.07) is 0.596. The number of nitrogens with zero attached hydrogens (tertiary/aromatic N) is 4. The summed E-state index contributed by atoms with van der Waals surface area (Å²) in [6.45, 7) is 4.86. The fourth-order valence-electron chi connectivity index (χ4n) is 3.06. The average Bonchev–Trinajstić information content (AvgIpc) is 3.26. The number of imidazole rings is 1. The molecule has 0 atom stereocenters. The molecule has 2 aromatic rings. The molecule has 0 bridgehead atoms. The Kier molecular flexibility index (Phi) is 5.38. The van der Waals surface area contributed by atoms with E-state index in [9.17, 15) is 0 Å². The van der Waals surface area contributed by atoms with E-state index in [2.05, 4.69) is 28.6 Å². The minimum Gasteiger partial charge on any atom is -0.384 e. The minimum atomic E-state index is 0.596. The molecule has 0 N–H and O–H groups in total. The molecule has 0 aliphatic heterocycles. The molecule has 0 unspecified atom stereocenters. The number of hydrogen-bond acceptors (Lipinski definition) is 6. The number of methoxy groups -OCH3 is 1. The quantitative estimate of drug-likeness (QED) is 0.721. The highest BCUT2D eigenvalue weighted by atomic mass is 32.2. The molecule has 0 radical (unpaired) electrons. The summed E-state index contributed by atoms with van der Waals surface area (Å²) in [6.07, 6.45) is 5.83. The topological polar surface area (TPSA) is 66.0 Å². The lowest BCUT2D eigenvalue weighted by atomic mass is 10.2. The van der Waals surface area contributed by atoms with E-state index in [4.69, 9.17) is 14.2 Å². The van der Waals surface area contributed by atoms with E-state index in [0.717, 1.165) is 10.9 Å². The number of aryl methyl sites for hydroxylation is 1. The van der Waals surface area contributed by atoms with Crippen molar-refractivity contribution in [1.82, 2.24) is 19.7 Å². The van der Waals surface area contributed by atoms with Crippen molar-refractivity contribution >= 4 is 11.8 Å². The molecule has 2 aromatic heterocycles. The Balaban J connectivity index is 1.68. The minimum absolute atomic E-state index is 0.596. The van der Waals surface area contributed by atoms with E-state index < -0.39 is 0 Å². The Hall–Kier alpha value is -1.34. The van der Waals surface area contributed by atoms with E-state index in [1.165, 1.54) is 31.4 Å². The molecule has 1 aliphatic rings. The highest BCUT2D eigenvalue weighted by molar-refractivity contribution is 7.98. The van der Waals surface area contributed by atoms with Crippen LogP contribution in [0.5, 0.6) is 0 Å². The monoisotopic (exact) mass is 336 g/mol. The molecule has 6 nitrogen and oxygen atoms in total. The molecule has 0 spiro atoms. The molecule has 3 rings (SSSR count). The van der Waals surface area contributed by atoms with Gasteiger partial charge < -0.3 is 13.8 Å².